The Morgan fingerprint density at radius 1 is 0.410 bits per heavy atom. The Morgan fingerprint density at radius 3 is 1.18 bits per heavy atom. The van der Waals surface area contributed by atoms with Gasteiger partial charge >= 0.3 is 274 Å². The van der Waals surface area contributed by atoms with E-state index in [9.17, 15) is 83.2 Å². The Balaban J connectivity index is 0.00000244. The minimum Gasteiger partial charge on any atom is -0.744 e. The van der Waals surface area contributed by atoms with Crippen LogP contribution in [0.5, 0.6) is 0 Å². The standard InChI is InChI=1S/C41H29Cl2N15O10S3.C27H18ClF2N8O7S2.CH4.8Na.3O3S/c1-20-5-2-6-22(15-20)45-38-49-36(42)50-39(53-38)46-23-7-3-9-26(17-23)55-58-34-31(71(66,67)68)16-21-11-13-28(35(59)32(21)33(34)44)56-57-29-19-25(12-14-30(29)70(63,64)65)48-41-52-37(43)51-40(54-41)47-24-8-4-10-27(18-24)69(60,61)62;1-12-2-5-14(6-3-12)35-38-23-19(47(43,44)45)10-13-4-8-16(24(39)20(13)22(23)31)36-37-17-11-15(7-9-18(17)46(40,41)42)32-26-21(28)25(29)33-27(30)34-26;;;;;;;;;;3*1-4(2)3/h2-8,10-12,14-19,57H,44H2,1H3,(H,60,61,62)(H,63,64,65)(H,66,67,68)(H2,45,46,49,50,53)(H2,47,48,51,52,54);2-7,9-11,37H,31H2,1H3,(H,32,33,34)(H,40,41,42)(H,43,44,45);1H4;;;;;;;;;;;/q-2;-1;;8*+1;;;/p-5/b56-28-,58-55?;36-16-,38-35?;;;;;;;;;;;;. The maximum absolute atomic E-state index is 13.9. The number of anilines is 14. The molecule has 2 aliphatic rings. The van der Waals surface area contributed by atoms with Gasteiger partial charge in [-0.2, -0.15) is 106 Å². The molecule has 0 aliphatic heterocycles. The van der Waals surface area contributed by atoms with Gasteiger partial charge in [0, 0.05) is 45.5 Å². The molecule has 0 unspecified atom stereocenters. The average molecular weight is 2200 g/mol. The number of aryl methyl sites for hydroxylation is 2. The van der Waals surface area contributed by atoms with E-state index in [1.165, 1.54) is 24.3 Å². The number of carbonyl (C=O) groups excluding carboxylic acids is 2. The molecule has 11 aromatic rings. The molecule has 3 heterocycles. The first-order chi connectivity index (χ1) is 60.8. The van der Waals surface area contributed by atoms with Crippen LogP contribution < -0.4 is 285 Å². The molecule has 0 fully saturated rings. The summed E-state index contributed by atoms with van der Waals surface area (Å²) in [5.74, 6) is -4.21. The van der Waals surface area contributed by atoms with Crippen molar-refractivity contribution in [3.05, 3.63) is 219 Å². The van der Waals surface area contributed by atoms with Gasteiger partial charge in [-0.05, 0) is 127 Å². The molecule has 0 saturated carbocycles. The normalized spacial score (nSPS) is 12.1. The molecule has 0 radical (unpaired) electrons. The molecular weight excluding hydrogens is 2150 g/mol. The van der Waals surface area contributed by atoms with E-state index >= 15 is 0 Å². The number of nitrogens with zero attached hydrogens (tertiary/aromatic N) is 14. The van der Waals surface area contributed by atoms with E-state index in [4.69, 9.17) is 84.2 Å². The van der Waals surface area contributed by atoms with E-state index in [1.54, 1.807) is 36.4 Å². The SMILES string of the molecule is C.Cc1ccc(N=Nc2c(S(=O)(=O)[O-])cc3c(c2N)C(=O)/C(=N\Nc2cc(Nc4nc(F)nc(F)c4Cl)ccc2S(=O)(=O)[O-])[C-]=C3)cc1.Cc1cccc(Nc2nc(Cl)nc(Nc3cc[c-]c(N=Nc4c(S(=O)(=O)[O-])cc5c(c4N)C(=O)/C(=N\Nc4cc(Nc6nc(Cl)nc(Nc7cccc(S(=O)(=O)[O-])c7)n6)ccc4S(=O)(=O)[O-])[C-]=C5)c3)n2)c1.O=S(=O)=O.O=S(=O)=O.O=S(=O)=O.[Na+].[Na+].[Na+].[Na+].[Na+].[Na+].[Na+].[Na+]. The predicted molar refractivity (Wildman–Crippen MR) is 452 cm³/mol. The minimum atomic E-state index is -5.32. The summed E-state index contributed by atoms with van der Waals surface area (Å²) in [7, 11) is -35.0. The van der Waals surface area contributed by atoms with Gasteiger partial charge in [-0.25, -0.2) is 42.1 Å². The van der Waals surface area contributed by atoms with Crippen LogP contribution in [0.3, 0.4) is 0 Å². The van der Waals surface area contributed by atoms with Gasteiger partial charge in [-0.3, -0.25) is 10.9 Å². The summed E-state index contributed by atoms with van der Waals surface area (Å²) in [6, 6.07) is 33.7. The van der Waals surface area contributed by atoms with Gasteiger partial charge in [0.1, 0.15) is 78.6 Å². The molecule has 0 atom stereocenters. The number of halogens is 5. The maximum Gasteiger partial charge on any atom is 1.00 e. The molecule has 49 nitrogen and oxygen atoms in total. The number of hydrogen-bond donors (Lipinski definition) is 9. The fourth-order valence-corrected chi connectivity index (χ4v) is 14.0. The first-order valence-corrected chi connectivity index (χ1v) is 44.9. The van der Waals surface area contributed by atoms with Crippen molar-refractivity contribution >= 4 is 256 Å². The second-order valence-electron chi connectivity index (χ2n) is 24.6. The Kier molecular flexibility index (Phi) is 55.9. The van der Waals surface area contributed by atoms with Crippen molar-refractivity contribution in [3.63, 3.8) is 0 Å². The van der Waals surface area contributed by atoms with Crippen LogP contribution in [0.2, 0.25) is 15.6 Å². The molecule has 139 heavy (non-hydrogen) atoms. The second kappa shape index (κ2) is 58.6. The monoisotopic (exact) mass is 2190 g/mol. The Hall–Kier alpha value is -6.44. The zero-order chi connectivity index (χ0) is 95.8. The largest absolute Gasteiger partial charge is 1.00 e. The third-order valence-corrected chi connectivity index (χ3v) is 20.7. The number of rotatable bonds is 23. The molecule has 2 aliphatic carbocycles. The summed E-state index contributed by atoms with van der Waals surface area (Å²) in [6.07, 6.45) is 5.68. The first-order valence-electron chi connectivity index (χ1n) is 33.7. The van der Waals surface area contributed by atoms with Crippen molar-refractivity contribution in [2.24, 2.45) is 30.7 Å². The number of carbonyl (C=O) groups is 2. The topological polar surface area (TPSA) is 787 Å². The van der Waals surface area contributed by atoms with Gasteiger partial charge < -0.3 is 70.4 Å². The van der Waals surface area contributed by atoms with Crippen LogP contribution in [0.4, 0.5) is 112 Å². The molecule has 684 valence electrons. The number of Topliss-reactive ketones (excluding diaryl/α,β-unsaturated/α-hetero) is 2. The number of hydrazone groups is 2. The van der Waals surface area contributed by atoms with Gasteiger partial charge in [0.2, 0.25) is 40.3 Å². The number of hydrogen-bond acceptors (Lipinski definition) is 49. The number of ketones is 2. The van der Waals surface area contributed by atoms with Crippen molar-refractivity contribution < 1.29 is 358 Å². The summed E-state index contributed by atoms with van der Waals surface area (Å²) in [5.41, 5.74) is 14.8. The molecular formula is C69H46Cl3F2N23Na8O26S8. The Morgan fingerprint density at radius 2 is 0.784 bits per heavy atom. The molecule has 0 saturated heterocycles. The molecule has 0 amide bonds. The smallest absolute Gasteiger partial charge is 0.744 e. The van der Waals surface area contributed by atoms with E-state index in [1.807, 2.05) is 32.0 Å². The summed E-state index contributed by atoms with van der Waals surface area (Å²) in [4.78, 5) is 54.0. The number of fused-ring (bicyclic) bond motifs is 2. The van der Waals surface area contributed by atoms with Crippen LogP contribution in [-0.2, 0) is 82.4 Å². The van der Waals surface area contributed by atoms with Gasteiger partial charge in [0.15, 0.2) is 5.82 Å². The van der Waals surface area contributed by atoms with Crippen molar-refractivity contribution in [2.45, 2.75) is 45.8 Å². The summed E-state index contributed by atoms with van der Waals surface area (Å²) in [5, 5.41) is 36.1. The van der Waals surface area contributed by atoms with Gasteiger partial charge in [-0.15, -0.1) is 71.4 Å². The molecule has 8 aromatic carbocycles. The van der Waals surface area contributed by atoms with E-state index in [-0.39, 0.29) is 323 Å². The Bertz CT molecular complexity index is 7630. The maximum atomic E-state index is 13.9. The van der Waals surface area contributed by atoms with Crippen LogP contribution in [0.25, 0.3) is 12.2 Å². The van der Waals surface area contributed by atoms with Gasteiger partial charge in [-0.1, -0.05) is 83.9 Å². The average Bonchev–Trinajstić information content (AvgIpc) is 0.755. The van der Waals surface area contributed by atoms with Crippen LogP contribution in [0, 0.1) is 44.1 Å². The van der Waals surface area contributed by atoms with Crippen LogP contribution in [0.15, 0.2) is 195 Å². The number of allylic oxidation sites excluding steroid dienone is 2. The van der Waals surface area contributed by atoms with Crippen molar-refractivity contribution in [3.8, 4) is 0 Å². The van der Waals surface area contributed by atoms with Crippen molar-refractivity contribution in [1.82, 2.24) is 39.9 Å². The molecule has 0 spiro atoms. The quantitative estimate of drug-likeness (QED) is 0.00420. The number of azo groups is 2. The number of nitrogen functional groups attached to an aromatic ring is 2. The number of aromatic nitrogens is 8. The predicted octanol–water partition coefficient (Wildman–Crippen LogP) is -15.0. The molecule has 13 rings (SSSR count). The zero-order valence-corrected chi connectivity index (χ0v) is 96.4. The van der Waals surface area contributed by atoms with Crippen molar-refractivity contribution in [1.29, 1.82) is 0 Å². The second-order valence-corrected chi connectivity index (χ2v) is 33.6. The summed E-state index contributed by atoms with van der Waals surface area (Å²) >= 11 is 18.0. The van der Waals surface area contributed by atoms with Crippen LogP contribution >= 0.6 is 34.8 Å². The fourth-order valence-electron chi connectivity index (χ4n) is 10.5. The number of nitrogens with one attached hydrogen (secondary N) is 7. The van der Waals surface area contributed by atoms with E-state index < -0.39 is 192 Å². The third kappa shape index (κ3) is 39.8. The summed E-state index contributed by atoms with van der Waals surface area (Å²) < 4.78 is 284. The molecule has 11 N–H and O–H groups in total. The Labute approximate surface area is 982 Å². The number of benzene rings is 8. The van der Waals surface area contributed by atoms with Crippen LogP contribution in [0.1, 0.15) is 50.4 Å². The van der Waals surface area contributed by atoms with E-state index in [2.05, 4.69) is 126 Å². The zero-order valence-electron chi connectivity index (χ0n) is 71.6. The summed E-state index contributed by atoms with van der Waals surface area (Å²) in [6.45, 7) is 3.73. The first kappa shape index (κ1) is 133. The minimum absolute atomic E-state index is 0. The van der Waals surface area contributed by atoms with E-state index in [0.717, 1.165) is 83.9 Å². The van der Waals surface area contributed by atoms with Gasteiger partial charge in [0.05, 0.1) is 41.5 Å². The molecule has 70 heteroatoms. The number of nitrogens with two attached hydrogens (primary N) is 2. The molecule has 0 bridgehead atoms. The van der Waals surface area contributed by atoms with E-state index in [0.29, 0.717) is 11.4 Å². The van der Waals surface area contributed by atoms with Gasteiger partial charge in [0.25, 0.3) is 0 Å². The van der Waals surface area contributed by atoms with Crippen molar-refractivity contribution in [2.75, 3.05) is 48.9 Å². The molecule has 3 aromatic heterocycles. The fraction of sp³-hybridized carbons (Fsp3) is 0.0435. The third-order valence-electron chi connectivity index (χ3n) is 15.7. The van der Waals surface area contributed by atoms with Crippen LogP contribution in [-0.4, -0.2) is 166 Å².